The topological polar surface area (TPSA) is 104 Å². The van der Waals surface area contributed by atoms with Crippen LogP contribution in [0.4, 0.5) is 5.69 Å². The molecule has 1 aliphatic carbocycles. The van der Waals surface area contributed by atoms with E-state index in [2.05, 4.69) is 20.8 Å². The van der Waals surface area contributed by atoms with Crippen molar-refractivity contribution in [2.45, 2.75) is 37.1 Å². The quantitative estimate of drug-likeness (QED) is 0.758. The Morgan fingerprint density at radius 2 is 2.07 bits per heavy atom. The fourth-order valence-corrected chi connectivity index (χ4v) is 3.85. The molecule has 2 saturated heterocycles. The largest absolute Gasteiger partial charge is 0.423 e. The van der Waals surface area contributed by atoms with Crippen LogP contribution in [-0.4, -0.2) is 71.7 Å². The lowest BCUT2D eigenvalue weighted by Gasteiger charge is -2.18. The summed E-state index contributed by atoms with van der Waals surface area (Å²) in [7, 11) is 3.93. The number of fused-ring (bicyclic) bond motifs is 1. The van der Waals surface area contributed by atoms with Gasteiger partial charge in [0.25, 0.3) is 0 Å². The third kappa shape index (κ3) is 3.53. The molecule has 2 aliphatic heterocycles. The minimum absolute atomic E-state index is 0.0959. The molecule has 1 amide bonds. The van der Waals surface area contributed by atoms with E-state index in [1.165, 1.54) is 0 Å². The fraction of sp³-hybridized carbons (Fsp3) is 0.579. The molecule has 1 saturated carbocycles. The molecule has 1 aromatic heterocycles. The number of nitrogens with one attached hydrogen (secondary N) is 1. The Labute approximate surface area is 168 Å². The van der Waals surface area contributed by atoms with Crippen LogP contribution < -0.4 is 15.0 Å². The molecule has 10 nitrogen and oxygen atoms in total. The van der Waals surface area contributed by atoms with E-state index in [4.69, 9.17) is 14.2 Å². The maximum absolute atomic E-state index is 12.1. The van der Waals surface area contributed by atoms with Crippen molar-refractivity contribution < 1.29 is 19.0 Å². The minimum Gasteiger partial charge on any atom is -0.423 e. The standard InChI is InChI=1S/C19H24N6O4/c1-24(2)12-4-3-5-13(8-12)29-19-21-22-23-25(19)15-10-28-16-14(9-27-17(15)16)20-18(26)11-6-7-11/h3-5,8,11,14-17H,6-7,9-10H2,1-2H3,(H,20,26). The molecule has 1 aromatic carbocycles. The van der Waals surface area contributed by atoms with Crippen LogP contribution in [0.15, 0.2) is 24.3 Å². The lowest BCUT2D eigenvalue weighted by atomic mass is 10.1. The summed E-state index contributed by atoms with van der Waals surface area (Å²) < 4.78 is 19.5. The van der Waals surface area contributed by atoms with Crippen LogP contribution in [0.25, 0.3) is 0 Å². The number of aromatic nitrogens is 4. The highest BCUT2D eigenvalue weighted by molar-refractivity contribution is 5.81. The van der Waals surface area contributed by atoms with E-state index in [1.807, 2.05) is 43.3 Å². The molecule has 4 atom stereocenters. The number of nitrogens with zero attached hydrogens (tertiary/aromatic N) is 5. The first kappa shape index (κ1) is 18.3. The van der Waals surface area contributed by atoms with Gasteiger partial charge in [-0.3, -0.25) is 4.79 Å². The monoisotopic (exact) mass is 400 g/mol. The number of ether oxygens (including phenoxy) is 3. The Morgan fingerprint density at radius 1 is 1.24 bits per heavy atom. The van der Waals surface area contributed by atoms with Crippen molar-refractivity contribution in [3.63, 3.8) is 0 Å². The highest BCUT2D eigenvalue weighted by Gasteiger charge is 2.50. The Morgan fingerprint density at radius 3 is 2.86 bits per heavy atom. The molecular weight excluding hydrogens is 376 g/mol. The summed E-state index contributed by atoms with van der Waals surface area (Å²) in [6, 6.07) is 7.61. The van der Waals surface area contributed by atoms with Gasteiger partial charge in [-0.15, -0.1) is 0 Å². The van der Waals surface area contributed by atoms with Crippen molar-refractivity contribution >= 4 is 11.6 Å². The summed E-state index contributed by atoms with van der Waals surface area (Å²) in [6.07, 6.45) is 1.49. The zero-order valence-electron chi connectivity index (χ0n) is 16.4. The van der Waals surface area contributed by atoms with Gasteiger partial charge in [0.2, 0.25) is 5.91 Å². The number of tetrazole rings is 1. The summed E-state index contributed by atoms with van der Waals surface area (Å²) in [5.41, 5.74) is 1.01. The molecule has 3 heterocycles. The molecule has 3 fully saturated rings. The first-order valence-electron chi connectivity index (χ1n) is 9.87. The molecule has 4 unspecified atom stereocenters. The lowest BCUT2D eigenvalue weighted by molar-refractivity contribution is -0.123. The fourth-order valence-electron chi connectivity index (χ4n) is 3.85. The second-order valence-electron chi connectivity index (χ2n) is 7.95. The van der Waals surface area contributed by atoms with Crippen LogP contribution in [0, 0.1) is 5.92 Å². The number of carbonyl (C=O) groups excluding carboxylic acids is 1. The minimum atomic E-state index is -0.238. The summed E-state index contributed by atoms with van der Waals surface area (Å²) in [4.78, 5) is 14.1. The first-order valence-corrected chi connectivity index (χ1v) is 9.87. The number of carbonyl (C=O) groups is 1. The van der Waals surface area contributed by atoms with Gasteiger partial charge in [-0.2, -0.15) is 4.68 Å². The molecule has 0 spiro atoms. The van der Waals surface area contributed by atoms with Crippen molar-refractivity contribution in [2.24, 2.45) is 5.92 Å². The zero-order valence-corrected chi connectivity index (χ0v) is 16.4. The Kier molecular flexibility index (Phi) is 4.59. The molecule has 2 aromatic rings. The maximum atomic E-state index is 12.1. The Bertz CT molecular complexity index is 898. The van der Waals surface area contributed by atoms with Gasteiger partial charge in [0.1, 0.15) is 24.0 Å². The van der Waals surface area contributed by atoms with Crippen molar-refractivity contribution in [3.8, 4) is 11.8 Å². The van der Waals surface area contributed by atoms with Crippen molar-refractivity contribution in [1.29, 1.82) is 0 Å². The average Bonchev–Trinajstić information content (AvgIpc) is 3.15. The Balaban J connectivity index is 1.30. The third-order valence-electron chi connectivity index (χ3n) is 5.62. The van der Waals surface area contributed by atoms with E-state index >= 15 is 0 Å². The summed E-state index contributed by atoms with van der Waals surface area (Å²) in [5.74, 6) is 0.895. The van der Waals surface area contributed by atoms with Crippen LogP contribution in [0.2, 0.25) is 0 Å². The van der Waals surface area contributed by atoms with Gasteiger partial charge in [-0.1, -0.05) is 11.2 Å². The summed E-state index contributed by atoms with van der Waals surface area (Å²) >= 11 is 0. The molecule has 154 valence electrons. The van der Waals surface area contributed by atoms with E-state index in [9.17, 15) is 4.79 Å². The number of rotatable bonds is 6. The maximum Gasteiger partial charge on any atom is 0.341 e. The predicted octanol–water partition coefficient (Wildman–Crippen LogP) is 0.765. The third-order valence-corrected chi connectivity index (χ3v) is 5.62. The molecule has 10 heteroatoms. The van der Waals surface area contributed by atoms with Gasteiger partial charge in [-0.05, 0) is 35.4 Å². The highest BCUT2D eigenvalue weighted by atomic mass is 16.6. The lowest BCUT2D eigenvalue weighted by Crippen LogP contribution is -2.44. The van der Waals surface area contributed by atoms with E-state index in [0.717, 1.165) is 18.5 Å². The second kappa shape index (κ2) is 7.27. The normalized spacial score (nSPS) is 28.2. The van der Waals surface area contributed by atoms with Gasteiger partial charge in [0, 0.05) is 31.8 Å². The van der Waals surface area contributed by atoms with Gasteiger partial charge in [0.15, 0.2) is 0 Å². The molecule has 5 rings (SSSR count). The van der Waals surface area contributed by atoms with Crippen molar-refractivity contribution in [2.75, 3.05) is 32.2 Å². The van der Waals surface area contributed by atoms with E-state index in [-0.39, 0.29) is 42.1 Å². The van der Waals surface area contributed by atoms with Crippen molar-refractivity contribution in [1.82, 2.24) is 25.5 Å². The first-order chi connectivity index (χ1) is 14.1. The van der Waals surface area contributed by atoms with Gasteiger partial charge in [-0.25, -0.2) is 0 Å². The van der Waals surface area contributed by atoms with Gasteiger partial charge < -0.3 is 24.4 Å². The molecule has 0 radical (unpaired) electrons. The van der Waals surface area contributed by atoms with Crippen LogP contribution in [0.3, 0.4) is 0 Å². The SMILES string of the molecule is CN(C)c1cccc(Oc2nnnn2C2COC3C(NC(=O)C4CC4)COC32)c1. The predicted molar refractivity (Wildman–Crippen MR) is 102 cm³/mol. The van der Waals surface area contributed by atoms with Crippen LogP contribution in [0.5, 0.6) is 11.8 Å². The molecule has 1 N–H and O–H groups in total. The number of benzene rings is 1. The number of anilines is 1. The molecule has 29 heavy (non-hydrogen) atoms. The molecule has 3 aliphatic rings. The number of hydrogen-bond donors (Lipinski definition) is 1. The van der Waals surface area contributed by atoms with Crippen LogP contribution in [-0.2, 0) is 14.3 Å². The number of amides is 1. The smallest absolute Gasteiger partial charge is 0.341 e. The van der Waals surface area contributed by atoms with E-state index < -0.39 is 0 Å². The summed E-state index contributed by atoms with van der Waals surface area (Å²) in [6.45, 7) is 0.817. The van der Waals surface area contributed by atoms with Gasteiger partial charge in [0.05, 0.1) is 19.3 Å². The second-order valence-corrected chi connectivity index (χ2v) is 7.95. The zero-order chi connectivity index (χ0) is 20.0. The average molecular weight is 400 g/mol. The molecule has 0 bridgehead atoms. The summed E-state index contributed by atoms with van der Waals surface area (Å²) in [5, 5.41) is 15.0. The molecular formula is C19H24N6O4. The van der Waals surface area contributed by atoms with Crippen LogP contribution >= 0.6 is 0 Å². The number of hydrogen-bond acceptors (Lipinski definition) is 8. The Hall–Kier alpha value is -2.72. The van der Waals surface area contributed by atoms with Gasteiger partial charge >= 0.3 is 6.01 Å². The van der Waals surface area contributed by atoms with Crippen molar-refractivity contribution in [3.05, 3.63) is 24.3 Å². The van der Waals surface area contributed by atoms with E-state index in [1.54, 1.807) is 4.68 Å². The van der Waals surface area contributed by atoms with E-state index in [0.29, 0.717) is 19.0 Å². The van der Waals surface area contributed by atoms with Crippen LogP contribution in [0.1, 0.15) is 18.9 Å². The highest BCUT2D eigenvalue weighted by Crippen LogP contribution is 2.37.